The van der Waals surface area contributed by atoms with Crippen LogP contribution in [0.1, 0.15) is 58.9 Å². The number of nitrogens with zero attached hydrogens (tertiary/aromatic N) is 8. The number of carbonyl (C=O) groups excluding carboxylic acids is 3. The van der Waals surface area contributed by atoms with Crippen LogP contribution in [-0.2, 0) is 38.1 Å². The Kier molecular flexibility index (Phi) is 11.9. The number of halogens is 1. The average Bonchev–Trinajstić information content (AvgIpc) is 3.96. The minimum atomic E-state index is -1.19. The van der Waals surface area contributed by atoms with Crippen LogP contribution in [0, 0.1) is 5.92 Å². The first-order chi connectivity index (χ1) is 25.5. The standard InChI is InChI=1S/C16H17ClN4O7.C16H22N4O5/c1-7(22)25-4-10-12(26-8(2)23)13(27-9(3)24)16(28-10)21-6-20-11-14(17)18-5-19-15(11)21;21-5-10-12(22)13(23)16(25-10)20-8-19-11-14(20)17-7-18-15(11)24-6-9-3-1-2-4-9/h5-6,10,12-13,16H,4H2,1-3H3;7-10,12-13,16,21-23H,1-6H2/t2*10-,12?,13+,16-/m11/s1. The summed E-state index contributed by atoms with van der Waals surface area (Å²) in [7, 11) is 0. The number of carbonyl (C=O) groups is 3. The van der Waals surface area contributed by atoms with E-state index >= 15 is 0 Å². The summed E-state index contributed by atoms with van der Waals surface area (Å²) in [5.74, 6) is -0.804. The van der Waals surface area contributed by atoms with Crippen molar-refractivity contribution in [3.05, 3.63) is 30.5 Å². The summed E-state index contributed by atoms with van der Waals surface area (Å²) >= 11 is 6.03. The monoisotopic (exact) mass is 762 g/mol. The number of rotatable bonds is 10. The van der Waals surface area contributed by atoms with Crippen LogP contribution in [-0.4, -0.2) is 129 Å². The van der Waals surface area contributed by atoms with E-state index in [-0.39, 0.29) is 18.4 Å². The second-order valence-electron chi connectivity index (χ2n) is 12.7. The third-order valence-corrected chi connectivity index (χ3v) is 9.25. The van der Waals surface area contributed by atoms with Crippen molar-refractivity contribution < 1.29 is 58.1 Å². The third-order valence-electron chi connectivity index (χ3n) is 8.98. The maximum absolute atomic E-state index is 11.7. The van der Waals surface area contributed by atoms with Gasteiger partial charge in [-0.2, -0.15) is 4.98 Å². The van der Waals surface area contributed by atoms with Gasteiger partial charge in [0.25, 0.3) is 0 Å². The molecule has 0 aromatic carbocycles. The fraction of sp³-hybridized carbons (Fsp3) is 0.594. The molecular weight excluding hydrogens is 724 g/mol. The molecule has 3 N–H and O–H groups in total. The second kappa shape index (κ2) is 16.6. The van der Waals surface area contributed by atoms with Gasteiger partial charge in [0.15, 0.2) is 46.6 Å². The van der Waals surface area contributed by atoms with Crippen molar-refractivity contribution >= 4 is 51.8 Å². The number of esters is 3. The van der Waals surface area contributed by atoms with Crippen LogP contribution >= 0.6 is 11.6 Å². The Labute approximate surface area is 306 Å². The largest absolute Gasteiger partial charge is 0.476 e. The van der Waals surface area contributed by atoms with Gasteiger partial charge in [0.2, 0.25) is 5.88 Å². The summed E-state index contributed by atoms with van der Waals surface area (Å²) in [4.78, 5) is 59.3. The molecule has 3 aliphatic rings. The Balaban J connectivity index is 0.000000182. The van der Waals surface area contributed by atoms with Crippen molar-refractivity contribution in [2.45, 2.75) is 95.5 Å². The van der Waals surface area contributed by atoms with Crippen molar-refractivity contribution in [3.8, 4) is 5.88 Å². The number of aliphatic hydroxyl groups is 3. The number of hydrogen-bond acceptors (Lipinski definition) is 18. The summed E-state index contributed by atoms with van der Waals surface area (Å²) in [6.45, 7) is 3.68. The molecule has 21 heteroatoms. The molecule has 1 aliphatic carbocycles. The Morgan fingerprint density at radius 2 is 1.38 bits per heavy atom. The maximum Gasteiger partial charge on any atom is 0.303 e. The molecular formula is C32H39ClN8O12. The Bertz CT molecular complexity index is 1920. The molecule has 4 aromatic rings. The zero-order valence-corrected chi connectivity index (χ0v) is 29.7. The highest BCUT2D eigenvalue weighted by Gasteiger charge is 2.51. The molecule has 0 radical (unpaired) electrons. The molecule has 0 amide bonds. The van der Waals surface area contributed by atoms with E-state index in [2.05, 4.69) is 29.9 Å². The van der Waals surface area contributed by atoms with E-state index in [0.717, 1.165) is 0 Å². The lowest BCUT2D eigenvalue weighted by molar-refractivity contribution is -0.166. The topological polar surface area (TPSA) is 254 Å². The lowest BCUT2D eigenvalue weighted by Gasteiger charge is -2.23. The number of aliphatic hydroxyl groups excluding tert-OH is 3. The summed E-state index contributed by atoms with van der Waals surface area (Å²) in [5.41, 5.74) is 1.59. The molecule has 2 saturated heterocycles. The van der Waals surface area contributed by atoms with Gasteiger partial charge in [0, 0.05) is 20.8 Å². The summed E-state index contributed by atoms with van der Waals surface area (Å²) in [5, 5.41) is 29.5. The van der Waals surface area contributed by atoms with E-state index in [4.69, 9.17) is 40.0 Å². The molecule has 0 spiro atoms. The molecule has 6 heterocycles. The molecule has 7 rings (SSSR count). The summed E-state index contributed by atoms with van der Waals surface area (Å²) < 4.78 is 36.0. The number of ether oxygens (including phenoxy) is 6. The van der Waals surface area contributed by atoms with Gasteiger partial charge in [-0.25, -0.2) is 24.9 Å². The van der Waals surface area contributed by atoms with E-state index in [1.54, 1.807) is 0 Å². The molecule has 2 aliphatic heterocycles. The second-order valence-corrected chi connectivity index (χ2v) is 13.1. The fourth-order valence-electron chi connectivity index (χ4n) is 6.53. The van der Waals surface area contributed by atoms with Crippen LogP contribution in [0.15, 0.2) is 25.3 Å². The van der Waals surface area contributed by atoms with E-state index in [1.807, 2.05) is 0 Å². The quantitative estimate of drug-likeness (QED) is 0.115. The zero-order chi connectivity index (χ0) is 37.8. The number of aromatic nitrogens is 8. The van der Waals surface area contributed by atoms with Crippen LogP contribution < -0.4 is 4.74 Å². The van der Waals surface area contributed by atoms with Crippen LogP contribution in [0.25, 0.3) is 22.3 Å². The highest BCUT2D eigenvalue weighted by molar-refractivity contribution is 6.33. The van der Waals surface area contributed by atoms with Crippen LogP contribution in [0.2, 0.25) is 5.15 Å². The van der Waals surface area contributed by atoms with Gasteiger partial charge in [-0.3, -0.25) is 23.5 Å². The predicted octanol–water partition coefficient (Wildman–Crippen LogP) is 0.810. The molecule has 1 saturated carbocycles. The summed E-state index contributed by atoms with van der Waals surface area (Å²) in [6.07, 6.45) is 2.36. The average molecular weight is 763 g/mol. The van der Waals surface area contributed by atoms with Gasteiger partial charge < -0.3 is 43.7 Å². The van der Waals surface area contributed by atoms with E-state index < -0.39 is 67.0 Å². The Morgan fingerprint density at radius 3 is 2.02 bits per heavy atom. The Hall–Kier alpha value is -4.60. The number of imidazole rings is 2. The molecule has 20 nitrogen and oxygen atoms in total. The highest BCUT2D eigenvalue weighted by Crippen LogP contribution is 2.37. The van der Waals surface area contributed by atoms with E-state index in [9.17, 15) is 29.7 Å². The maximum atomic E-state index is 11.7. The van der Waals surface area contributed by atoms with E-state index in [0.29, 0.717) is 40.7 Å². The van der Waals surface area contributed by atoms with Gasteiger partial charge in [-0.15, -0.1) is 0 Å². The SMILES string of the molecule is CC(=O)OC[C@H]1O[C@@H](n2cnc3c(Cl)ncnc32)[C@@H](OC(C)=O)C1OC(C)=O.OC[C@H]1O[C@@H](n2cnc3c(OCC4CCCC4)ncnc32)[C@@H](O)C1O. The molecule has 2 unspecified atom stereocenters. The van der Waals surface area contributed by atoms with Crippen LogP contribution in [0.4, 0.5) is 0 Å². The number of fused-ring (bicyclic) bond motifs is 2. The summed E-state index contributed by atoms with van der Waals surface area (Å²) in [6, 6.07) is 0. The highest BCUT2D eigenvalue weighted by atomic mass is 35.5. The van der Waals surface area contributed by atoms with Crippen molar-refractivity contribution in [2.75, 3.05) is 19.8 Å². The zero-order valence-electron chi connectivity index (χ0n) is 28.9. The first-order valence-corrected chi connectivity index (χ1v) is 17.2. The van der Waals surface area contributed by atoms with Crippen molar-refractivity contribution in [3.63, 3.8) is 0 Å². The Morgan fingerprint density at radius 1 is 0.774 bits per heavy atom. The minimum Gasteiger partial charge on any atom is -0.476 e. The van der Waals surface area contributed by atoms with Gasteiger partial charge >= 0.3 is 17.9 Å². The lowest BCUT2D eigenvalue weighted by Crippen LogP contribution is -2.40. The smallest absolute Gasteiger partial charge is 0.303 e. The van der Waals surface area contributed by atoms with Gasteiger partial charge in [-0.05, 0) is 18.8 Å². The van der Waals surface area contributed by atoms with Crippen LogP contribution in [0.5, 0.6) is 5.88 Å². The molecule has 3 fully saturated rings. The van der Waals surface area contributed by atoms with Crippen molar-refractivity contribution in [1.29, 1.82) is 0 Å². The predicted molar refractivity (Wildman–Crippen MR) is 178 cm³/mol. The molecule has 0 bridgehead atoms. The van der Waals surface area contributed by atoms with Gasteiger partial charge in [0.05, 0.1) is 25.9 Å². The fourth-order valence-corrected chi connectivity index (χ4v) is 6.71. The molecule has 286 valence electrons. The molecule has 53 heavy (non-hydrogen) atoms. The lowest BCUT2D eigenvalue weighted by atomic mass is 10.1. The van der Waals surface area contributed by atoms with Gasteiger partial charge in [0.1, 0.15) is 49.2 Å². The normalized spacial score (nSPS) is 27.1. The minimum absolute atomic E-state index is 0.138. The van der Waals surface area contributed by atoms with Crippen LogP contribution in [0.3, 0.4) is 0 Å². The third kappa shape index (κ3) is 8.31. The molecule has 4 aromatic heterocycles. The van der Waals surface area contributed by atoms with Crippen molar-refractivity contribution in [1.82, 2.24) is 39.0 Å². The first kappa shape index (κ1) is 38.1. The number of hydrogen-bond donors (Lipinski definition) is 3. The van der Waals surface area contributed by atoms with E-state index in [1.165, 1.54) is 80.9 Å². The van der Waals surface area contributed by atoms with Gasteiger partial charge in [-0.1, -0.05) is 24.4 Å². The van der Waals surface area contributed by atoms with Crippen molar-refractivity contribution in [2.24, 2.45) is 5.92 Å². The molecule has 8 atom stereocenters. The first-order valence-electron chi connectivity index (χ1n) is 16.9.